The molecule has 4 nitrogen and oxygen atoms in total. The molecule has 0 aliphatic rings. The summed E-state index contributed by atoms with van der Waals surface area (Å²) in [6.45, 7) is 1.88. The lowest BCUT2D eigenvalue weighted by molar-refractivity contribution is 0.102. The molecule has 0 unspecified atom stereocenters. The van der Waals surface area contributed by atoms with Crippen molar-refractivity contribution in [2.75, 3.05) is 17.0 Å². The van der Waals surface area contributed by atoms with E-state index in [1.807, 2.05) is 43.5 Å². The Balaban J connectivity index is 2.14. The zero-order valence-electron chi connectivity index (χ0n) is 11.4. The number of anilines is 2. The van der Waals surface area contributed by atoms with Crippen LogP contribution >= 0.6 is 11.8 Å². The van der Waals surface area contributed by atoms with Crippen LogP contribution in [0.1, 0.15) is 15.9 Å². The molecule has 2 aromatic carbocycles. The van der Waals surface area contributed by atoms with Gasteiger partial charge in [-0.2, -0.15) is 0 Å². The van der Waals surface area contributed by atoms with Crippen LogP contribution in [-0.4, -0.2) is 12.2 Å². The van der Waals surface area contributed by atoms with Crippen molar-refractivity contribution in [3.8, 4) is 0 Å². The van der Waals surface area contributed by atoms with E-state index in [-0.39, 0.29) is 5.91 Å². The van der Waals surface area contributed by atoms with Crippen LogP contribution in [0.15, 0.2) is 47.4 Å². The van der Waals surface area contributed by atoms with Gasteiger partial charge in [0.05, 0.1) is 0 Å². The average molecular weight is 287 g/mol. The fourth-order valence-electron chi connectivity index (χ4n) is 1.88. The van der Waals surface area contributed by atoms with E-state index in [0.717, 1.165) is 21.8 Å². The molecule has 0 bridgehead atoms. The Morgan fingerprint density at radius 2 is 1.75 bits per heavy atom. The fourth-order valence-corrected chi connectivity index (χ4v) is 2.29. The summed E-state index contributed by atoms with van der Waals surface area (Å²) in [6, 6.07) is 13.1. The first-order valence-corrected chi connectivity index (χ1v) is 7.39. The highest BCUT2D eigenvalue weighted by Gasteiger charge is 2.09. The third-order valence-electron chi connectivity index (χ3n) is 2.99. The Bertz CT molecular complexity index is 611. The summed E-state index contributed by atoms with van der Waals surface area (Å²) in [5.74, 6) is 5.22. The number of thioether (sulfide) groups is 1. The summed E-state index contributed by atoms with van der Waals surface area (Å²) < 4.78 is 0. The zero-order valence-corrected chi connectivity index (χ0v) is 12.3. The molecule has 2 rings (SSSR count). The van der Waals surface area contributed by atoms with Crippen molar-refractivity contribution in [3.05, 3.63) is 53.6 Å². The Kier molecular flexibility index (Phi) is 4.65. The molecule has 0 aliphatic heterocycles. The Morgan fingerprint density at radius 1 is 1.10 bits per heavy atom. The van der Waals surface area contributed by atoms with E-state index in [4.69, 9.17) is 5.84 Å². The van der Waals surface area contributed by atoms with Crippen LogP contribution in [0.4, 0.5) is 11.4 Å². The molecule has 0 saturated carbocycles. The third-order valence-corrected chi connectivity index (χ3v) is 3.73. The lowest BCUT2D eigenvalue weighted by Gasteiger charge is -2.09. The van der Waals surface area contributed by atoms with Crippen molar-refractivity contribution in [2.45, 2.75) is 11.8 Å². The maximum atomic E-state index is 12.2. The normalized spacial score (nSPS) is 10.2. The predicted octanol–water partition coefficient (Wildman–Crippen LogP) is 3.25. The quantitative estimate of drug-likeness (QED) is 0.459. The molecular formula is C15H17N3OS. The van der Waals surface area contributed by atoms with Gasteiger partial charge in [0, 0.05) is 21.8 Å². The molecular weight excluding hydrogens is 270 g/mol. The maximum Gasteiger partial charge on any atom is 0.255 e. The first kappa shape index (κ1) is 14.4. The second-order valence-corrected chi connectivity index (χ2v) is 5.24. The first-order valence-electron chi connectivity index (χ1n) is 6.16. The monoisotopic (exact) mass is 287 g/mol. The largest absolute Gasteiger partial charge is 0.324 e. The number of hydrazine groups is 1. The molecule has 0 spiro atoms. The lowest BCUT2D eigenvalue weighted by atomic mass is 10.1. The molecule has 0 aliphatic carbocycles. The van der Waals surface area contributed by atoms with Crippen molar-refractivity contribution in [1.82, 2.24) is 0 Å². The molecule has 0 fully saturated rings. The van der Waals surface area contributed by atoms with Crippen LogP contribution in [0.2, 0.25) is 0 Å². The highest BCUT2D eigenvalue weighted by Crippen LogP contribution is 2.19. The van der Waals surface area contributed by atoms with E-state index >= 15 is 0 Å². The number of nitrogens with two attached hydrogens (primary N) is 1. The molecule has 0 radical (unpaired) electrons. The van der Waals surface area contributed by atoms with Crippen molar-refractivity contribution in [3.63, 3.8) is 0 Å². The number of benzene rings is 2. The van der Waals surface area contributed by atoms with Gasteiger partial charge in [0.1, 0.15) is 0 Å². The zero-order chi connectivity index (χ0) is 14.5. The van der Waals surface area contributed by atoms with E-state index in [1.54, 1.807) is 23.9 Å². The summed E-state index contributed by atoms with van der Waals surface area (Å²) in [5, 5.41) is 2.89. The molecule has 2 aromatic rings. The van der Waals surface area contributed by atoms with Gasteiger partial charge < -0.3 is 10.7 Å². The Hall–Kier alpha value is -1.98. The van der Waals surface area contributed by atoms with Crippen molar-refractivity contribution >= 4 is 29.0 Å². The SMILES string of the molecule is CSc1ccc(NC(=O)c2ccc(NN)cc2C)cc1. The number of hydrogen-bond donors (Lipinski definition) is 3. The second kappa shape index (κ2) is 6.45. The van der Waals surface area contributed by atoms with E-state index in [1.165, 1.54) is 0 Å². The molecule has 0 heterocycles. The Labute approximate surface area is 122 Å². The lowest BCUT2D eigenvalue weighted by Crippen LogP contribution is -2.14. The molecule has 0 aromatic heterocycles. The van der Waals surface area contributed by atoms with E-state index in [2.05, 4.69) is 10.7 Å². The van der Waals surface area contributed by atoms with Gasteiger partial charge in [-0.25, -0.2) is 0 Å². The van der Waals surface area contributed by atoms with E-state index in [9.17, 15) is 4.79 Å². The molecule has 0 saturated heterocycles. The maximum absolute atomic E-state index is 12.2. The van der Waals surface area contributed by atoms with Gasteiger partial charge in [0.15, 0.2) is 0 Å². The highest BCUT2D eigenvalue weighted by molar-refractivity contribution is 7.98. The molecule has 1 amide bonds. The summed E-state index contributed by atoms with van der Waals surface area (Å²) in [5.41, 5.74) is 5.64. The van der Waals surface area contributed by atoms with Crippen LogP contribution in [0, 0.1) is 6.92 Å². The number of rotatable bonds is 4. The number of carbonyl (C=O) groups is 1. The number of amides is 1. The molecule has 104 valence electrons. The van der Waals surface area contributed by atoms with Gasteiger partial charge in [-0.3, -0.25) is 10.6 Å². The third kappa shape index (κ3) is 3.31. The molecule has 0 atom stereocenters. The number of nitrogens with one attached hydrogen (secondary N) is 2. The van der Waals surface area contributed by atoms with Crippen molar-refractivity contribution < 1.29 is 4.79 Å². The fraction of sp³-hybridized carbons (Fsp3) is 0.133. The first-order chi connectivity index (χ1) is 9.63. The molecule has 5 heteroatoms. The summed E-state index contributed by atoms with van der Waals surface area (Å²) >= 11 is 1.67. The molecule has 4 N–H and O–H groups in total. The number of aryl methyl sites for hydroxylation is 1. The minimum absolute atomic E-state index is 0.122. The van der Waals surface area contributed by atoms with Gasteiger partial charge in [0.25, 0.3) is 5.91 Å². The summed E-state index contributed by atoms with van der Waals surface area (Å²) in [6.07, 6.45) is 2.02. The van der Waals surface area contributed by atoms with E-state index < -0.39 is 0 Å². The number of hydrogen-bond acceptors (Lipinski definition) is 4. The topological polar surface area (TPSA) is 67.2 Å². The van der Waals surface area contributed by atoms with E-state index in [0.29, 0.717) is 5.56 Å². The second-order valence-electron chi connectivity index (χ2n) is 4.36. The summed E-state index contributed by atoms with van der Waals surface area (Å²) in [7, 11) is 0. The van der Waals surface area contributed by atoms with Gasteiger partial charge in [-0.1, -0.05) is 0 Å². The van der Waals surface area contributed by atoms with Crippen LogP contribution < -0.4 is 16.6 Å². The predicted molar refractivity (Wildman–Crippen MR) is 85.2 cm³/mol. The smallest absolute Gasteiger partial charge is 0.255 e. The van der Waals surface area contributed by atoms with Gasteiger partial charge >= 0.3 is 0 Å². The van der Waals surface area contributed by atoms with Gasteiger partial charge in [-0.15, -0.1) is 11.8 Å². The van der Waals surface area contributed by atoms with Crippen LogP contribution in [0.25, 0.3) is 0 Å². The molecule has 20 heavy (non-hydrogen) atoms. The van der Waals surface area contributed by atoms with Gasteiger partial charge in [0.2, 0.25) is 0 Å². The average Bonchev–Trinajstić information content (AvgIpc) is 2.47. The minimum atomic E-state index is -0.122. The van der Waals surface area contributed by atoms with Crippen LogP contribution in [0.5, 0.6) is 0 Å². The number of nitrogen functional groups attached to an aromatic ring is 1. The minimum Gasteiger partial charge on any atom is -0.324 e. The highest BCUT2D eigenvalue weighted by atomic mass is 32.2. The van der Waals surface area contributed by atoms with Gasteiger partial charge in [-0.05, 0) is 61.2 Å². The van der Waals surface area contributed by atoms with Crippen molar-refractivity contribution in [2.24, 2.45) is 5.84 Å². The Morgan fingerprint density at radius 3 is 2.30 bits per heavy atom. The summed E-state index contributed by atoms with van der Waals surface area (Å²) in [4.78, 5) is 13.4. The van der Waals surface area contributed by atoms with Crippen LogP contribution in [-0.2, 0) is 0 Å². The van der Waals surface area contributed by atoms with Crippen LogP contribution in [0.3, 0.4) is 0 Å². The number of carbonyl (C=O) groups excluding carboxylic acids is 1. The standard InChI is InChI=1S/C15H17N3OS/c1-10-9-12(18-16)5-8-14(10)15(19)17-11-3-6-13(20-2)7-4-11/h3-9,18H,16H2,1-2H3,(H,17,19). The van der Waals surface area contributed by atoms with Crippen molar-refractivity contribution in [1.29, 1.82) is 0 Å².